The Kier molecular flexibility index (Phi) is 5.88. The van der Waals surface area contributed by atoms with Crippen molar-refractivity contribution in [2.75, 3.05) is 25.2 Å². The number of Topliss-reactive ketones (excluding diaryl/α,β-unsaturated/α-hetero) is 1. The highest BCUT2D eigenvalue weighted by molar-refractivity contribution is 5.90. The third-order valence-electron chi connectivity index (χ3n) is 6.08. The Morgan fingerprint density at radius 2 is 1.82 bits per heavy atom. The molecule has 172 valence electrons. The van der Waals surface area contributed by atoms with Crippen LogP contribution in [0, 0.1) is 6.92 Å². The summed E-state index contributed by atoms with van der Waals surface area (Å²) >= 11 is 0. The SMILES string of the molecule is COc1ccc2c(N3CCOc4ccc(-c5ccc(CC(C)=O)cc5)cc4C3)nc(C)nc2c1. The monoisotopic (exact) mass is 453 g/mol. The van der Waals surface area contributed by atoms with Gasteiger partial charge in [-0.25, -0.2) is 9.97 Å². The zero-order valence-corrected chi connectivity index (χ0v) is 19.7. The molecule has 0 fully saturated rings. The van der Waals surface area contributed by atoms with Crippen LogP contribution >= 0.6 is 0 Å². The van der Waals surface area contributed by atoms with Gasteiger partial charge in [-0.3, -0.25) is 4.79 Å². The number of carbonyl (C=O) groups is 1. The van der Waals surface area contributed by atoms with Gasteiger partial charge in [-0.2, -0.15) is 0 Å². The van der Waals surface area contributed by atoms with E-state index in [1.807, 2.05) is 43.3 Å². The lowest BCUT2D eigenvalue weighted by atomic mass is 9.99. The Bertz CT molecular complexity index is 1370. The third-order valence-corrected chi connectivity index (χ3v) is 6.08. The molecule has 5 rings (SSSR count). The zero-order chi connectivity index (χ0) is 23.7. The minimum atomic E-state index is 0.168. The van der Waals surface area contributed by atoms with Crippen LogP contribution < -0.4 is 14.4 Å². The molecule has 0 N–H and O–H groups in total. The quantitative estimate of drug-likeness (QED) is 0.417. The van der Waals surface area contributed by atoms with E-state index in [0.717, 1.165) is 62.8 Å². The molecule has 6 nitrogen and oxygen atoms in total. The van der Waals surface area contributed by atoms with Crippen molar-refractivity contribution in [2.24, 2.45) is 0 Å². The standard InChI is InChI=1S/C28H27N3O3/c1-18(32)14-20-4-6-21(7-5-20)22-8-11-27-23(15-22)17-31(12-13-34-27)28-25-10-9-24(33-3)16-26(25)29-19(2)30-28/h4-11,15-16H,12-14,17H2,1-3H3. The van der Waals surface area contributed by atoms with Crippen molar-refractivity contribution in [3.63, 3.8) is 0 Å². The first-order valence-corrected chi connectivity index (χ1v) is 11.4. The van der Waals surface area contributed by atoms with Gasteiger partial charge in [-0.1, -0.05) is 30.3 Å². The first kappa shape index (κ1) is 21.9. The van der Waals surface area contributed by atoms with Gasteiger partial charge in [0, 0.05) is 30.0 Å². The lowest BCUT2D eigenvalue weighted by Crippen LogP contribution is -2.26. The van der Waals surface area contributed by atoms with Crippen molar-refractivity contribution < 1.29 is 14.3 Å². The lowest BCUT2D eigenvalue weighted by Gasteiger charge is -2.23. The second-order valence-electron chi connectivity index (χ2n) is 8.65. The van der Waals surface area contributed by atoms with E-state index < -0.39 is 0 Å². The van der Waals surface area contributed by atoms with E-state index >= 15 is 0 Å². The van der Waals surface area contributed by atoms with Crippen molar-refractivity contribution in [1.82, 2.24) is 9.97 Å². The molecule has 0 amide bonds. The number of fused-ring (bicyclic) bond motifs is 2. The van der Waals surface area contributed by atoms with Crippen molar-refractivity contribution >= 4 is 22.5 Å². The summed E-state index contributed by atoms with van der Waals surface area (Å²) in [5.74, 6) is 3.47. The molecule has 3 aromatic carbocycles. The molecule has 0 radical (unpaired) electrons. The van der Waals surface area contributed by atoms with Gasteiger partial charge in [0.05, 0.1) is 19.2 Å². The summed E-state index contributed by atoms with van der Waals surface area (Å²) in [6.45, 7) is 5.51. The maximum absolute atomic E-state index is 11.4. The van der Waals surface area contributed by atoms with E-state index in [1.165, 1.54) is 0 Å². The third kappa shape index (κ3) is 4.44. The highest BCUT2D eigenvalue weighted by Gasteiger charge is 2.20. The summed E-state index contributed by atoms with van der Waals surface area (Å²) in [6.07, 6.45) is 0.464. The van der Waals surface area contributed by atoms with E-state index in [4.69, 9.17) is 14.5 Å². The van der Waals surface area contributed by atoms with Crippen LogP contribution in [-0.2, 0) is 17.8 Å². The Balaban J connectivity index is 1.49. The van der Waals surface area contributed by atoms with E-state index in [0.29, 0.717) is 19.6 Å². The molecule has 0 unspecified atom stereocenters. The van der Waals surface area contributed by atoms with Gasteiger partial charge in [-0.15, -0.1) is 0 Å². The van der Waals surface area contributed by atoms with Crippen molar-refractivity contribution in [3.05, 3.63) is 77.6 Å². The predicted molar refractivity (Wildman–Crippen MR) is 134 cm³/mol. The molecule has 4 aromatic rings. The molecule has 2 heterocycles. The molecule has 0 atom stereocenters. The summed E-state index contributed by atoms with van der Waals surface area (Å²) in [5.41, 5.74) is 5.24. The maximum atomic E-state index is 11.4. The molecular weight excluding hydrogens is 426 g/mol. The molecule has 0 spiro atoms. The fourth-order valence-electron chi connectivity index (χ4n) is 4.43. The van der Waals surface area contributed by atoms with E-state index in [2.05, 4.69) is 34.1 Å². The Morgan fingerprint density at radius 1 is 1.03 bits per heavy atom. The molecule has 0 saturated carbocycles. The lowest BCUT2D eigenvalue weighted by molar-refractivity contribution is -0.116. The van der Waals surface area contributed by atoms with Crippen LogP contribution in [0.1, 0.15) is 23.9 Å². The van der Waals surface area contributed by atoms with Crippen LogP contribution in [0.4, 0.5) is 5.82 Å². The van der Waals surface area contributed by atoms with Gasteiger partial charge < -0.3 is 14.4 Å². The highest BCUT2D eigenvalue weighted by Crippen LogP contribution is 2.33. The number of hydrogen-bond donors (Lipinski definition) is 0. The van der Waals surface area contributed by atoms with Gasteiger partial charge in [0.25, 0.3) is 0 Å². The van der Waals surface area contributed by atoms with Gasteiger partial charge in [0.2, 0.25) is 0 Å². The topological polar surface area (TPSA) is 64.6 Å². The van der Waals surface area contributed by atoms with Crippen molar-refractivity contribution in [2.45, 2.75) is 26.8 Å². The van der Waals surface area contributed by atoms with Gasteiger partial charge in [-0.05, 0) is 54.8 Å². The average Bonchev–Trinajstić information content (AvgIpc) is 3.05. The van der Waals surface area contributed by atoms with Gasteiger partial charge in [0.15, 0.2) is 0 Å². The molecule has 1 aliphatic heterocycles. The number of hydrogen-bond acceptors (Lipinski definition) is 6. The van der Waals surface area contributed by atoms with Crippen LogP contribution in [-0.4, -0.2) is 36.0 Å². The molecule has 1 aliphatic rings. The second-order valence-corrected chi connectivity index (χ2v) is 8.65. The van der Waals surface area contributed by atoms with Gasteiger partial charge >= 0.3 is 0 Å². The smallest absolute Gasteiger partial charge is 0.140 e. The van der Waals surface area contributed by atoms with Crippen LogP contribution in [0.2, 0.25) is 0 Å². The Hall–Kier alpha value is -3.93. The second kappa shape index (κ2) is 9.14. The number of methoxy groups -OCH3 is 1. The molecule has 0 saturated heterocycles. The highest BCUT2D eigenvalue weighted by atomic mass is 16.5. The number of ether oxygens (including phenoxy) is 2. The number of rotatable bonds is 5. The van der Waals surface area contributed by atoms with E-state index in [9.17, 15) is 4.79 Å². The molecule has 0 aliphatic carbocycles. The number of aromatic nitrogens is 2. The van der Waals surface area contributed by atoms with Gasteiger partial charge in [0.1, 0.15) is 35.5 Å². The number of ketones is 1. The Labute approximate surface area is 199 Å². The van der Waals surface area contributed by atoms with Crippen molar-refractivity contribution in [1.29, 1.82) is 0 Å². The summed E-state index contributed by atoms with van der Waals surface area (Å²) < 4.78 is 11.5. The van der Waals surface area contributed by atoms with Crippen LogP contribution in [0.25, 0.3) is 22.0 Å². The van der Waals surface area contributed by atoms with Crippen LogP contribution in [0.15, 0.2) is 60.7 Å². The summed E-state index contributed by atoms with van der Waals surface area (Å²) in [6, 6.07) is 20.4. The minimum absolute atomic E-state index is 0.168. The minimum Gasteiger partial charge on any atom is -0.497 e. The normalized spacial score (nSPS) is 13.2. The summed E-state index contributed by atoms with van der Waals surface area (Å²) in [5, 5.41) is 0.993. The van der Waals surface area contributed by atoms with E-state index in [1.54, 1.807) is 14.0 Å². The summed E-state index contributed by atoms with van der Waals surface area (Å²) in [4.78, 5) is 23.1. The molecule has 1 aromatic heterocycles. The first-order valence-electron chi connectivity index (χ1n) is 11.4. The molecule has 34 heavy (non-hydrogen) atoms. The maximum Gasteiger partial charge on any atom is 0.140 e. The zero-order valence-electron chi connectivity index (χ0n) is 19.7. The molecule has 6 heteroatoms. The Morgan fingerprint density at radius 3 is 2.59 bits per heavy atom. The largest absolute Gasteiger partial charge is 0.497 e. The molecule has 0 bridgehead atoms. The van der Waals surface area contributed by atoms with Crippen LogP contribution in [0.5, 0.6) is 11.5 Å². The number of carbonyl (C=O) groups excluding carboxylic acids is 1. The number of nitrogens with zero attached hydrogens (tertiary/aromatic N) is 3. The van der Waals surface area contributed by atoms with Crippen LogP contribution in [0.3, 0.4) is 0 Å². The molecular formula is C28H27N3O3. The predicted octanol–water partition coefficient (Wildman–Crippen LogP) is 5.14. The average molecular weight is 454 g/mol. The number of benzene rings is 3. The summed E-state index contributed by atoms with van der Waals surface area (Å²) in [7, 11) is 1.66. The van der Waals surface area contributed by atoms with Crippen molar-refractivity contribution in [3.8, 4) is 22.6 Å². The fourth-order valence-corrected chi connectivity index (χ4v) is 4.43. The first-order chi connectivity index (χ1) is 16.5. The number of anilines is 1. The number of aryl methyl sites for hydroxylation is 1. The fraction of sp³-hybridized carbons (Fsp3) is 0.250. The van der Waals surface area contributed by atoms with E-state index in [-0.39, 0.29) is 5.78 Å².